The number of aromatic amines is 1. The van der Waals surface area contributed by atoms with Crippen molar-refractivity contribution in [3.63, 3.8) is 0 Å². The van der Waals surface area contributed by atoms with Crippen molar-refractivity contribution in [1.29, 1.82) is 0 Å². The van der Waals surface area contributed by atoms with Crippen LogP contribution in [0.3, 0.4) is 0 Å². The molecule has 7 heteroatoms. The van der Waals surface area contributed by atoms with Gasteiger partial charge in [-0.2, -0.15) is 5.10 Å². The summed E-state index contributed by atoms with van der Waals surface area (Å²) >= 11 is 1.06. The molecule has 94 valence electrons. The fraction of sp³-hybridized carbons (Fsp3) is 0.182. The molecular formula is C11H11N3O3S. The SMILES string of the molecule is O=C(O)CSCC(=O)Nc1ccc2[nH]ncc2c1. The molecule has 1 aromatic heterocycles. The number of benzene rings is 1. The molecular weight excluding hydrogens is 254 g/mol. The van der Waals surface area contributed by atoms with E-state index < -0.39 is 5.97 Å². The van der Waals surface area contributed by atoms with Crippen molar-refractivity contribution in [2.45, 2.75) is 0 Å². The second-order valence-electron chi connectivity index (χ2n) is 3.61. The molecule has 0 aliphatic carbocycles. The summed E-state index contributed by atoms with van der Waals surface area (Å²) in [5, 5.41) is 18.8. The van der Waals surface area contributed by atoms with Crippen LogP contribution >= 0.6 is 11.8 Å². The molecule has 0 fully saturated rings. The summed E-state index contributed by atoms with van der Waals surface area (Å²) in [6.45, 7) is 0. The number of H-pyrrole nitrogens is 1. The van der Waals surface area contributed by atoms with Gasteiger partial charge in [0.25, 0.3) is 0 Å². The molecule has 1 aromatic carbocycles. The molecule has 18 heavy (non-hydrogen) atoms. The monoisotopic (exact) mass is 265 g/mol. The van der Waals surface area contributed by atoms with Crippen LogP contribution in [0.2, 0.25) is 0 Å². The van der Waals surface area contributed by atoms with E-state index in [-0.39, 0.29) is 17.4 Å². The minimum absolute atomic E-state index is 0.0752. The number of fused-ring (bicyclic) bond motifs is 1. The summed E-state index contributed by atoms with van der Waals surface area (Å²) in [6, 6.07) is 5.39. The molecule has 3 N–H and O–H groups in total. The van der Waals surface area contributed by atoms with Crippen molar-refractivity contribution in [1.82, 2.24) is 10.2 Å². The lowest BCUT2D eigenvalue weighted by molar-refractivity contribution is -0.133. The van der Waals surface area contributed by atoms with E-state index in [1.165, 1.54) is 0 Å². The van der Waals surface area contributed by atoms with Crippen molar-refractivity contribution in [3.8, 4) is 0 Å². The molecule has 0 saturated carbocycles. The lowest BCUT2D eigenvalue weighted by atomic mass is 10.2. The largest absolute Gasteiger partial charge is 0.481 e. The first kappa shape index (κ1) is 12.4. The normalized spacial score (nSPS) is 10.4. The molecule has 1 heterocycles. The molecule has 0 unspecified atom stereocenters. The minimum Gasteiger partial charge on any atom is -0.481 e. The molecule has 0 aliphatic rings. The first-order chi connectivity index (χ1) is 8.65. The van der Waals surface area contributed by atoms with Gasteiger partial charge >= 0.3 is 5.97 Å². The highest BCUT2D eigenvalue weighted by Crippen LogP contribution is 2.16. The number of carboxylic acids is 1. The molecule has 0 aliphatic heterocycles. The number of nitrogens with one attached hydrogen (secondary N) is 2. The molecule has 2 rings (SSSR count). The van der Waals surface area contributed by atoms with Crippen molar-refractivity contribution < 1.29 is 14.7 Å². The Labute approximate surface area is 107 Å². The van der Waals surface area contributed by atoms with E-state index in [9.17, 15) is 9.59 Å². The molecule has 1 amide bonds. The van der Waals surface area contributed by atoms with Gasteiger partial charge in [-0.15, -0.1) is 11.8 Å². The number of carboxylic acid groups (broad SMARTS) is 1. The van der Waals surface area contributed by atoms with E-state index in [0.29, 0.717) is 5.69 Å². The molecule has 0 spiro atoms. The van der Waals surface area contributed by atoms with Crippen LogP contribution in [0.4, 0.5) is 5.69 Å². The van der Waals surface area contributed by atoms with E-state index >= 15 is 0 Å². The Morgan fingerprint density at radius 3 is 3.00 bits per heavy atom. The molecule has 2 aromatic rings. The summed E-state index contributed by atoms with van der Waals surface area (Å²) < 4.78 is 0. The van der Waals surface area contributed by atoms with Gasteiger partial charge in [-0.05, 0) is 18.2 Å². The van der Waals surface area contributed by atoms with Crippen LogP contribution in [-0.4, -0.2) is 38.7 Å². The van der Waals surface area contributed by atoms with E-state index in [4.69, 9.17) is 5.11 Å². The second kappa shape index (κ2) is 5.54. The van der Waals surface area contributed by atoms with Crippen LogP contribution in [0.1, 0.15) is 0 Å². The van der Waals surface area contributed by atoms with Gasteiger partial charge in [-0.25, -0.2) is 0 Å². The maximum absolute atomic E-state index is 11.5. The zero-order chi connectivity index (χ0) is 13.0. The summed E-state index contributed by atoms with van der Waals surface area (Å²) in [7, 11) is 0. The second-order valence-corrected chi connectivity index (χ2v) is 4.59. The average molecular weight is 265 g/mol. The number of amides is 1. The van der Waals surface area contributed by atoms with E-state index in [1.807, 2.05) is 6.07 Å². The van der Waals surface area contributed by atoms with Gasteiger partial charge in [0.05, 0.1) is 23.2 Å². The number of rotatable bonds is 5. The summed E-state index contributed by atoms with van der Waals surface area (Å²) in [6.07, 6.45) is 1.67. The Morgan fingerprint density at radius 2 is 2.22 bits per heavy atom. The summed E-state index contributed by atoms with van der Waals surface area (Å²) in [5.74, 6) is -1.10. The number of carbonyl (C=O) groups excluding carboxylic acids is 1. The number of aromatic nitrogens is 2. The number of hydrogen-bond donors (Lipinski definition) is 3. The maximum Gasteiger partial charge on any atom is 0.313 e. The zero-order valence-corrected chi connectivity index (χ0v) is 10.2. The smallest absolute Gasteiger partial charge is 0.313 e. The van der Waals surface area contributed by atoms with Crippen LogP contribution in [0.25, 0.3) is 10.9 Å². The van der Waals surface area contributed by atoms with Gasteiger partial charge in [0.2, 0.25) is 5.91 Å². The third-order valence-corrected chi connectivity index (χ3v) is 3.10. The third-order valence-electron chi connectivity index (χ3n) is 2.18. The molecule has 0 radical (unpaired) electrons. The highest BCUT2D eigenvalue weighted by Gasteiger charge is 2.05. The Kier molecular flexibility index (Phi) is 3.83. The summed E-state index contributed by atoms with van der Waals surface area (Å²) in [4.78, 5) is 21.8. The average Bonchev–Trinajstić information content (AvgIpc) is 2.75. The van der Waals surface area contributed by atoms with Crippen molar-refractivity contribution in [2.75, 3.05) is 16.8 Å². The zero-order valence-electron chi connectivity index (χ0n) is 9.34. The van der Waals surface area contributed by atoms with Crippen LogP contribution < -0.4 is 5.32 Å². The predicted octanol–water partition coefficient (Wildman–Crippen LogP) is 1.32. The standard InChI is InChI=1S/C11H11N3O3S/c15-10(5-18-6-11(16)17)13-8-1-2-9-7(3-8)4-12-14-9/h1-4H,5-6H2,(H,12,14)(H,13,15)(H,16,17). The van der Waals surface area contributed by atoms with Crippen molar-refractivity contribution in [2.24, 2.45) is 0 Å². The molecule has 0 atom stereocenters. The van der Waals surface area contributed by atoms with Gasteiger partial charge in [-0.1, -0.05) is 0 Å². The Morgan fingerprint density at radius 1 is 1.39 bits per heavy atom. The van der Waals surface area contributed by atoms with E-state index in [0.717, 1.165) is 22.7 Å². The lowest BCUT2D eigenvalue weighted by Gasteiger charge is -2.04. The molecule has 6 nitrogen and oxygen atoms in total. The van der Waals surface area contributed by atoms with Gasteiger partial charge in [0, 0.05) is 11.1 Å². The van der Waals surface area contributed by atoms with Gasteiger partial charge < -0.3 is 10.4 Å². The fourth-order valence-corrected chi connectivity index (χ4v) is 1.98. The number of carbonyl (C=O) groups is 2. The van der Waals surface area contributed by atoms with Crippen molar-refractivity contribution >= 4 is 40.2 Å². The number of thioether (sulfide) groups is 1. The predicted molar refractivity (Wildman–Crippen MR) is 69.7 cm³/mol. The number of nitrogens with zero attached hydrogens (tertiary/aromatic N) is 1. The Balaban J connectivity index is 1.91. The van der Waals surface area contributed by atoms with Gasteiger partial charge in [0.15, 0.2) is 0 Å². The molecule has 0 bridgehead atoms. The minimum atomic E-state index is -0.924. The van der Waals surface area contributed by atoms with Crippen LogP contribution in [0.5, 0.6) is 0 Å². The van der Waals surface area contributed by atoms with Crippen LogP contribution in [0.15, 0.2) is 24.4 Å². The maximum atomic E-state index is 11.5. The first-order valence-electron chi connectivity index (χ1n) is 5.17. The van der Waals surface area contributed by atoms with Crippen molar-refractivity contribution in [3.05, 3.63) is 24.4 Å². The lowest BCUT2D eigenvalue weighted by Crippen LogP contribution is -2.15. The topological polar surface area (TPSA) is 95.1 Å². The quantitative estimate of drug-likeness (QED) is 0.757. The van der Waals surface area contributed by atoms with Crippen LogP contribution in [-0.2, 0) is 9.59 Å². The van der Waals surface area contributed by atoms with Gasteiger partial charge in [0.1, 0.15) is 0 Å². The van der Waals surface area contributed by atoms with Crippen LogP contribution in [0, 0.1) is 0 Å². The third kappa shape index (κ3) is 3.24. The summed E-state index contributed by atoms with van der Waals surface area (Å²) in [5.41, 5.74) is 1.57. The fourth-order valence-electron chi connectivity index (χ4n) is 1.45. The number of anilines is 1. The highest BCUT2D eigenvalue weighted by molar-refractivity contribution is 8.00. The van der Waals surface area contributed by atoms with E-state index in [1.54, 1.807) is 18.3 Å². The Bertz CT molecular complexity index is 582. The van der Waals surface area contributed by atoms with Gasteiger partial charge in [-0.3, -0.25) is 14.7 Å². The Hall–Kier alpha value is -2.02. The number of aliphatic carboxylic acids is 1. The number of hydrogen-bond acceptors (Lipinski definition) is 4. The molecule has 0 saturated heterocycles. The van der Waals surface area contributed by atoms with E-state index in [2.05, 4.69) is 15.5 Å². The highest BCUT2D eigenvalue weighted by atomic mass is 32.2. The first-order valence-corrected chi connectivity index (χ1v) is 6.33.